The zero-order chi connectivity index (χ0) is 26.3. The van der Waals surface area contributed by atoms with E-state index in [1.165, 1.54) is 62.5 Å². The monoisotopic (exact) mass is 597 g/mol. The van der Waals surface area contributed by atoms with Gasteiger partial charge >= 0.3 is 217 Å². The molecule has 0 aliphatic rings. The number of rotatable bonds is 18. The van der Waals surface area contributed by atoms with Gasteiger partial charge in [-0.1, -0.05) is 0 Å². The van der Waals surface area contributed by atoms with Crippen molar-refractivity contribution in [3.05, 3.63) is 34.9 Å². The number of ether oxygens (including phenoxy) is 1. The van der Waals surface area contributed by atoms with Crippen molar-refractivity contribution in [1.29, 1.82) is 0 Å². The average Bonchev–Trinajstić information content (AvgIpc) is 2.83. The Balaban J connectivity index is 3.76. The molecule has 0 atom stereocenters. The second-order valence-corrected chi connectivity index (χ2v) is 22.6. The van der Waals surface area contributed by atoms with Crippen LogP contribution in [0.25, 0.3) is 3.59 Å². The first-order valence-corrected chi connectivity index (χ1v) is 20.7. The summed E-state index contributed by atoms with van der Waals surface area (Å²) in [6.07, 6.45) is 11.1. The third-order valence-electron chi connectivity index (χ3n) is 6.77. The number of amides is 1. The second-order valence-electron chi connectivity index (χ2n) is 9.50. The Morgan fingerprint density at radius 3 is 2.00 bits per heavy atom. The predicted molar refractivity (Wildman–Crippen MR) is 147 cm³/mol. The van der Waals surface area contributed by atoms with E-state index in [2.05, 4.69) is 38.4 Å². The third-order valence-corrected chi connectivity index (χ3v) is 22.7. The van der Waals surface area contributed by atoms with Crippen molar-refractivity contribution in [1.82, 2.24) is 5.48 Å². The van der Waals surface area contributed by atoms with Crippen LogP contribution in [0.1, 0.15) is 100 Å². The number of carbonyl (C=O) groups excluding carboxylic acids is 1. The number of hydrogen-bond donors (Lipinski definition) is 2. The van der Waals surface area contributed by atoms with Crippen molar-refractivity contribution in [2.24, 2.45) is 0 Å². The Hall–Kier alpha value is -1.54. The molecule has 2 N–H and O–H groups in total. The molecule has 0 saturated carbocycles. The number of unbranched alkanes of at least 4 members (excludes halogenated alkanes) is 4. The number of aryl methyl sites for hydroxylation is 1. The molecule has 0 unspecified atom stereocenters. The Morgan fingerprint density at radius 1 is 0.971 bits per heavy atom. The molecule has 0 saturated heterocycles. The molecule has 0 fully saturated rings. The summed E-state index contributed by atoms with van der Waals surface area (Å²) in [4.78, 5) is 28.9. The molecule has 0 heterocycles. The van der Waals surface area contributed by atoms with Gasteiger partial charge < -0.3 is 0 Å². The van der Waals surface area contributed by atoms with Crippen LogP contribution < -0.4 is 10.2 Å². The number of carboxylic acid groups (broad SMARTS) is 1. The van der Waals surface area contributed by atoms with Crippen LogP contribution in [-0.2, 0) is 9.63 Å². The van der Waals surface area contributed by atoms with Gasteiger partial charge in [0.25, 0.3) is 0 Å². The molecule has 7 heteroatoms. The van der Waals surface area contributed by atoms with Crippen LogP contribution in [0, 0.1) is 6.92 Å². The molecule has 0 bridgehead atoms. The molecule has 1 aromatic carbocycles. The van der Waals surface area contributed by atoms with Gasteiger partial charge in [-0.3, -0.25) is 0 Å². The summed E-state index contributed by atoms with van der Waals surface area (Å²) in [7, 11) is 3.01. The minimum absolute atomic E-state index is 0.175. The van der Waals surface area contributed by atoms with Gasteiger partial charge in [-0.15, -0.1) is 0 Å². The van der Waals surface area contributed by atoms with Gasteiger partial charge in [0.2, 0.25) is 0 Å². The van der Waals surface area contributed by atoms with Gasteiger partial charge in [0.05, 0.1) is 0 Å². The number of allylic oxidation sites excluding steroid dienone is 1. The summed E-state index contributed by atoms with van der Waals surface area (Å²) < 4.78 is 10.9. The topological polar surface area (TPSA) is 84.9 Å². The molecule has 0 radical (unpaired) electrons. The zero-order valence-electron chi connectivity index (χ0n) is 22.8. The fourth-order valence-electron chi connectivity index (χ4n) is 4.98. The summed E-state index contributed by atoms with van der Waals surface area (Å²) in [6, 6.07) is 4.14. The van der Waals surface area contributed by atoms with Crippen LogP contribution in [-0.4, -0.2) is 49.6 Å². The van der Waals surface area contributed by atoms with Crippen LogP contribution >= 0.6 is 0 Å². The maximum absolute atomic E-state index is 12.9. The van der Waals surface area contributed by atoms with Gasteiger partial charge in [0.1, 0.15) is 0 Å². The van der Waals surface area contributed by atoms with Crippen LogP contribution in [0.15, 0.2) is 18.2 Å². The maximum atomic E-state index is 12.9. The van der Waals surface area contributed by atoms with Gasteiger partial charge in [-0.05, 0) is 0 Å². The number of hydrogen-bond acceptors (Lipinski definition) is 4. The summed E-state index contributed by atoms with van der Waals surface area (Å²) in [5, 5.41) is 9.17. The van der Waals surface area contributed by atoms with Gasteiger partial charge in [0, 0.05) is 0 Å². The summed E-state index contributed by atoms with van der Waals surface area (Å²) >= 11 is -2.90. The Morgan fingerprint density at radius 2 is 1.54 bits per heavy atom. The SMILES string of the molecule is CCC[CH2][Sn]([CH2]CCC)([CH2]CCC)[C](=CCCCC(=O)O)c1cc(C)c(OC)c(C(=O)NOC)c1. The van der Waals surface area contributed by atoms with E-state index in [4.69, 9.17) is 14.7 Å². The van der Waals surface area contributed by atoms with Crippen LogP contribution in [0.5, 0.6) is 5.75 Å². The van der Waals surface area contributed by atoms with Crippen molar-refractivity contribution in [3.63, 3.8) is 0 Å². The fourth-order valence-corrected chi connectivity index (χ4v) is 22.1. The normalized spacial score (nSPS) is 12.0. The van der Waals surface area contributed by atoms with Crippen LogP contribution in [0.2, 0.25) is 13.3 Å². The van der Waals surface area contributed by atoms with E-state index in [9.17, 15) is 9.59 Å². The van der Waals surface area contributed by atoms with E-state index >= 15 is 0 Å². The van der Waals surface area contributed by atoms with Crippen molar-refractivity contribution >= 4 is 33.8 Å². The summed E-state index contributed by atoms with van der Waals surface area (Å²) in [5.41, 5.74) is 4.96. The van der Waals surface area contributed by atoms with E-state index in [0.29, 0.717) is 17.7 Å². The predicted octanol–water partition coefficient (Wildman–Crippen LogP) is 7.32. The van der Waals surface area contributed by atoms with E-state index in [1.54, 1.807) is 7.11 Å². The number of hydroxylamine groups is 1. The van der Waals surface area contributed by atoms with Crippen molar-refractivity contribution < 1.29 is 24.3 Å². The third kappa shape index (κ3) is 9.79. The quantitative estimate of drug-likeness (QED) is 0.105. The molecular formula is C28H47NO5Sn. The van der Waals surface area contributed by atoms with Crippen molar-refractivity contribution in [2.75, 3.05) is 14.2 Å². The van der Waals surface area contributed by atoms with Gasteiger partial charge in [0.15, 0.2) is 0 Å². The molecule has 0 aliphatic carbocycles. The summed E-state index contributed by atoms with van der Waals surface area (Å²) in [5.74, 6) is -0.516. The number of aliphatic carboxylic acids is 1. The van der Waals surface area contributed by atoms with Gasteiger partial charge in [-0.2, -0.15) is 0 Å². The molecule has 6 nitrogen and oxygen atoms in total. The molecule has 0 aromatic heterocycles. The molecular weight excluding hydrogens is 549 g/mol. The Kier molecular flexibility index (Phi) is 15.3. The standard InChI is InChI=1S/C16H20NO5.3C4H9.Sn/c1-11-9-12(7-5-4-6-8-14(18)19)10-13(15(11)21-2)16(20)17-22-3;3*1-3-4-2;/h5,9-10H,4,6,8H2,1-3H3,(H,17,20)(H,18,19);3*1,3-4H2,2H3;. The van der Waals surface area contributed by atoms with E-state index < -0.39 is 24.3 Å². The zero-order valence-corrected chi connectivity index (χ0v) is 25.7. The molecule has 1 amide bonds. The minimum atomic E-state index is -2.90. The first-order valence-electron chi connectivity index (χ1n) is 13.2. The molecule has 0 aliphatic heterocycles. The first kappa shape index (κ1) is 31.5. The van der Waals surface area contributed by atoms with Crippen molar-refractivity contribution in [2.45, 2.75) is 98.8 Å². The number of carboxylic acids is 1. The fraction of sp³-hybridized carbons (Fsp3) is 0.643. The molecule has 1 aromatic rings. The number of nitrogens with one attached hydrogen (secondary N) is 1. The van der Waals surface area contributed by atoms with Crippen LogP contribution in [0.4, 0.5) is 0 Å². The van der Waals surface area contributed by atoms with E-state index in [0.717, 1.165) is 17.5 Å². The molecule has 35 heavy (non-hydrogen) atoms. The summed E-state index contributed by atoms with van der Waals surface area (Å²) in [6.45, 7) is 8.76. The first-order chi connectivity index (χ1) is 16.8. The van der Waals surface area contributed by atoms with E-state index in [1.807, 2.05) is 13.0 Å². The molecule has 198 valence electrons. The van der Waals surface area contributed by atoms with Gasteiger partial charge in [-0.25, -0.2) is 0 Å². The van der Waals surface area contributed by atoms with Crippen LogP contribution in [0.3, 0.4) is 0 Å². The Labute approximate surface area is 216 Å². The van der Waals surface area contributed by atoms with Crippen molar-refractivity contribution in [3.8, 4) is 5.75 Å². The molecule has 1 rings (SSSR count). The Bertz CT molecular complexity index is 815. The average molecular weight is 596 g/mol. The number of benzene rings is 1. The molecule has 0 spiro atoms. The number of methoxy groups -OCH3 is 1. The second kappa shape index (κ2) is 17.0. The number of carbonyl (C=O) groups is 2. The van der Waals surface area contributed by atoms with E-state index in [-0.39, 0.29) is 12.3 Å².